The number of aryl methyl sites for hydroxylation is 3. The number of aromatic nitrogens is 4. The number of aliphatic carboxylic acids is 2. The number of carbonyl (C=O) groups excluding carboxylic acids is 1. The van der Waals surface area contributed by atoms with E-state index in [9.17, 15) is 31.1 Å². The predicted octanol–water partition coefficient (Wildman–Crippen LogP) is 6.73. The molecule has 20 heteroatoms. The van der Waals surface area contributed by atoms with Crippen molar-refractivity contribution in [3.05, 3.63) is 70.9 Å². The summed E-state index contributed by atoms with van der Waals surface area (Å²) in [6.45, 7) is 3.81. The normalized spacial score (nSPS) is 14.2. The van der Waals surface area contributed by atoms with Gasteiger partial charge in [0.1, 0.15) is 11.3 Å². The summed E-state index contributed by atoms with van der Waals surface area (Å²) in [6, 6.07) is 14.4. The lowest BCUT2D eigenvalue weighted by Gasteiger charge is -2.31. The van der Waals surface area contributed by atoms with E-state index >= 15 is 0 Å². The first-order valence-electron chi connectivity index (χ1n) is 15.5. The number of rotatable bonds is 4. The molecule has 2 aliphatic rings. The number of piperidine rings is 1. The van der Waals surface area contributed by atoms with Crippen molar-refractivity contribution in [2.45, 2.75) is 51.4 Å². The average molecular weight is 755 g/mol. The minimum absolute atomic E-state index is 0.0710. The monoisotopic (exact) mass is 754 g/mol. The fourth-order valence-electron chi connectivity index (χ4n) is 5.08. The molecule has 2 aliphatic heterocycles. The summed E-state index contributed by atoms with van der Waals surface area (Å²) >= 11 is 1.57. The summed E-state index contributed by atoms with van der Waals surface area (Å²) in [4.78, 5) is 42.3. The highest BCUT2D eigenvalue weighted by atomic mass is 32.1. The second-order valence-electron chi connectivity index (χ2n) is 11.6. The molecule has 2 aromatic heterocycles. The first-order valence-corrected chi connectivity index (χ1v) is 16.4. The Morgan fingerprint density at radius 3 is 2.21 bits per heavy atom. The smallest absolute Gasteiger partial charge is 0.475 e. The maximum Gasteiger partial charge on any atom is 0.490 e. The zero-order valence-corrected chi connectivity index (χ0v) is 28.1. The number of alkyl halides is 6. The number of hydrogen-bond acceptors (Lipinski definition) is 11. The maximum atomic E-state index is 13.1. The highest BCUT2D eigenvalue weighted by Crippen LogP contribution is 2.30. The van der Waals surface area contributed by atoms with E-state index in [-0.39, 0.29) is 5.91 Å². The van der Waals surface area contributed by atoms with Gasteiger partial charge in [-0.1, -0.05) is 23.5 Å². The Balaban J connectivity index is 0.000000367. The summed E-state index contributed by atoms with van der Waals surface area (Å²) < 4.78 is 63.5. The molecular weight excluding hydrogens is 722 g/mol. The Hall–Kier alpha value is -5.53. The van der Waals surface area contributed by atoms with Crippen LogP contribution < -0.4 is 20.9 Å². The van der Waals surface area contributed by atoms with Crippen molar-refractivity contribution in [3.63, 3.8) is 0 Å². The van der Waals surface area contributed by atoms with Crippen LogP contribution >= 0.6 is 11.3 Å². The summed E-state index contributed by atoms with van der Waals surface area (Å²) in [5, 5.41) is 33.3. The highest BCUT2D eigenvalue weighted by molar-refractivity contribution is 7.13. The molecule has 0 unspecified atom stereocenters. The lowest BCUT2D eigenvalue weighted by Crippen LogP contribution is -2.34. The Morgan fingerprint density at radius 1 is 0.942 bits per heavy atom. The molecule has 0 atom stereocenters. The van der Waals surface area contributed by atoms with Crippen molar-refractivity contribution in [1.82, 2.24) is 20.2 Å². The van der Waals surface area contributed by atoms with Gasteiger partial charge in [0.2, 0.25) is 17.0 Å². The molecule has 278 valence electrons. The summed E-state index contributed by atoms with van der Waals surface area (Å²) in [5.74, 6) is -3.77. The van der Waals surface area contributed by atoms with E-state index in [0.717, 1.165) is 77.9 Å². The van der Waals surface area contributed by atoms with Crippen LogP contribution in [0.15, 0.2) is 54.2 Å². The molecule has 13 nitrogen and oxygen atoms in total. The number of amides is 1. The number of carbonyl (C=O) groups is 3. The van der Waals surface area contributed by atoms with Crippen molar-refractivity contribution in [3.8, 4) is 0 Å². The molecule has 5 N–H and O–H groups in total. The van der Waals surface area contributed by atoms with Crippen molar-refractivity contribution in [1.29, 1.82) is 0 Å². The Labute approximate surface area is 296 Å². The van der Waals surface area contributed by atoms with Gasteiger partial charge in [-0.25, -0.2) is 14.6 Å². The molecule has 1 saturated heterocycles. The van der Waals surface area contributed by atoms with Gasteiger partial charge in [0.25, 0.3) is 0 Å². The molecule has 2 aromatic carbocycles. The highest BCUT2D eigenvalue weighted by Gasteiger charge is 2.39. The Bertz CT molecular complexity index is 1830. The number of anilines is 6. The van der Waals surface area contributed by atoms with Crippen LogP contribution in [0.4, 0.5) is 60.3 Å². The summed E-state index contributed by atoms with van der Waals surface area (Å²) in [5.41, 5.74) is 7.78. The van der Waals surface area contributed by atoms with Crippen LogP contribution in [0, 0.1) is 12.8 Å². The fraction of sp³-hybridized carbons (Fsp3) is 0.344. The molecule has 52 heavy (non-hydrogen) atoms. The SMILES string of the molecule is Cc1cnc2nc1Nc1ccc(NC(=O)CC3CCN(c4nncs4)CC3)c(c1)CCc1cccc(c1)N2.O=C(O)C(F)(F)F.O=C(O)C(F)(F)F. The first-order chi connectivity index (χ1) is 24.5. The number of hydrogen-bond donors (Lipinski definition) is 5. The van der Waals surface area contributed by atoms with Crippen molar-refractivity contribution in [2.24, 2.45) is 5.92 Å². The third-order valence-corrected chi connectivity index (χ3v) is 8.42. The van der Waals surface area contributed by atoms with E-state index in [1.807, 2.05) is 37.4 Å². The van der Waals surface area contributed by atoms with Crippen LogP contribution in [0.1, 0.15) is 36.0 Å². The van der Waals surface area contributed by atoms with E-state index in [1.165, 1.54) is 5.56 Å². The predicted molar refractivity (Wildman–Crippen MR) is 179 cm³/mol. The quantitative estimate of drug-likeness (QED) is 0.139. The number of nitrogens with one attached hydrogen (secondary N) is 3. The van der Waals surface area contributed by atoms with Gasteiger partial charge in [0, 0.05) is 48.3 Å². The Morgan fingerprint density at radius 2 is 1.60 bits per heavy atom. The fourth-order valence-corrected chi connectivity index (χ4v) is 5.69. The third kappa shape index (κ3) is 11.8. The minimum atomic E-state index is -5.08. The minimum Gasteiger partial charge on any atom is -0.475 e. The average Bonchev–Trinajstić information content (AvgIpc) is 3.62. The van der Waals surface area contributed by atoms with Crippen LogP contribution in [0.25, 0.3) is 0 Å². The number of fused-ring (bicyclic) bond motifs is 6. The van der Waals surface area contributed by atoms with Crippen molar-refractivity contribution in [2.75, 3.05) is 33.9 Å². The molecule has 4 aromatic rings. The molecule has 0 saturated carbocycles. The molecule has 0 radical (unpaired) electrons. The van der Waals surface area contributed by atoms with E-state index < -0.39 is 24.3 Å². The van der Waals surface area contributed by atoms with E-state index in [0.29, 0.717) is 18.3 Å². The van der Waals surface area contributed by atoms with Gasteiger partial charge in [0.05, 0.1) is 0 Å². The van der Waals surface area contributed by atoms with Gasteiger partial charge in [-0.15, -0.1) is 10.2 Å². The molecule has 6 rings (SSSR count). The van der Waals surface area contributed by atoms with Crippen LogP contribution in [-0.2, 0) is 27.2 Å². The molecule has 0 aliphatic carbocycles. The van der Waals surface area contributed by atoms with Gasteiger partial charge in [-0.2, -0.15) is 31.3 Å². The summed E-state index contributed by atoms with van der Waals surface area (Å²) in [7, 11) is 0. The standard InChI is InChI=1S/C28H30N8OS.2C2HF3O2/c1-18-16-29-27-32-22-4-2-3-19(13-22)5-6-21-15-23(31-26(18)34-27)7-8-24(21)33-25(37)14-20-9-11-36(12-10-20)28-35-30-17-38-28;2*3-2(4,5)1(6)7/h2-4,7-8,13,15-17,20H,5-6,9-12,14H2,1H3,(H,33,37)(H2,29,31,32,34);2*(H,6,7). The maximum absolute atomic E-state index is 13.1. The number of nitrogens with zero attached hydrogens (tertiary/aromatic N) is 5. The summed E-state index contributed by atoms with van der Waals surface area (Å²) in [6.07, 6.45) is -4.21. The molecule has 1 fully saturated rings. The van der Waals surface area contributed by atoms with Crippen LogP contribution in [0.5, 0.6) is 0 Å². The van der Waals surface area contributed by atoms with E-state index in [1.54, 1.807) is 16.8 Å². The van der Waals surface area contributed by atoms with Crippen molar-refractivity contribution < 1.29 is 50.9 Å². The van der Waals surface area contributed by atoms with Crippen LogP contribution in [0.3, 0.4) is 0 Å². The lowest BCUT2D eigenvalue weighted by atomic mass is 9.93. The van der Waals surface area contributed by atoms with Gasteiger partial charge in [-0.05, 0) is 80.0 Å². The zero-order chi connectivity index (χ0) is 38.1. The second-order valence-corrected chi connectivity index (χ2v) is 12.4. The largest absolute Gasteiger partial charge is 0.490 e. The lowest BCUT2D eigenvalue weighted by molar-refractivity contribution is -0.193. The van der Waals surface area contributed by atoms with Gasteiger partial charge < -0.3 is 31.1 Å². The molecule has 0 spiro atoms. The van der Waals surface area contributed by atoms with Crippen molar-refractivity contribution >= 4 is 63.1 Å². The molecular formula is C32H32F6N8O5S. The van der Waals surface area contributed by atoms with Gasteiger partial charge in [-0.3, -0.25) is 4.79 Å². The topological polar surface area (TPSA) is 183 Å². The number of benzene rings is 2. The number of halogens is 6. The van der Waals surface area contributed by atoms with E-state index in [2.05, 4.69) is 59.2 Å². The van der Waals surface area contributed by atoms with Gasteiger partial charge >= 0.3 is 24.3 Å². The molecule has 4 heterocycles. The zero-order valence-electron chi connectivity index (χ0n) is 27.3. The molecule has 1 amide bonds. The molecule has 6 bridgehead atoms. The van der Waals surface area contributed by atoms with Gasteiger partial charge in [0.15, 0.2) is 0 Å². The van der Waals surface area contributed by atoms with Crippen LogP contribution in [0.2, 0.25) is 0 Å². The number of carboxylic acids is 2. The first kappa shape index (κ1) is 39.3. The van der Waals surface area contributed by atoms with E-state index in [4.69, 9.17) is 19.8 Å². The van der Waals surface area contributed by atoms with Crippen LogP contribution in [-0.4, -0.2) is 73.7 Å². The third-order valence-electron chi connectivity index (χ3n) is 7.67. The number of carboxylic acid groups (broad SMARTS) is 2. The Kier molecular flexibility index (Phi) is 12.9. The second kappa shape index (κ2) is 17.1.